The number of amides is 1. The SMILES string of the molecule is Cc1cc(C)n2nc(C(=O)N3CCNCC3C)nc2n1. The summed E-state index contributed by atoms with van der Waals surface area (Å²) in [5.74, 6) is 0.579. The average molecular weight is 274 g/mol. The Labute approximate surface area is 117 Å². The van der Waals surface area contributed by atoms with Gasteiger partial charge in [0.05, 0.1) is 0 Å². The van der Waals surface area contributed by atoms with Gasteiger partial charge in [-0.25, -0.2) is 9.50 Å². The van der Waals surface area contributed by atoms with Crippen molar-refractivity contribution in [2.45, 2.75) is 26.8 Å². The smallest absolute Gasteiger partial charge is 0.293 e. The predicted molar refractivity (Wildman–Crippen MR) is 73.6 cm³/mol. The molecule has 1 aliphatic rings. The summed E-state index contributed by atoms with van der Waals surface area (Å²) in [5, 5.41) is 7.56. The first-order chi connectivity index (χ1) is 9.56. The van der Waals surface area contributed by atoms with Crippen molar-refractivity contribution in [3.8, 4) is 0 Å². The Hall–Kier alpha value is -2.02. The molecule has 1 aliphatic heterocycles. The summed E-state index contributed by atoms with van der Waals surface area (Å²) < 4.78 is 1.62. The molecule has 1 fully saturated rings. The van der Waals surface area contributed by atoms with Crippen LogP contribution in [0.1, 0.15) is 28.9 Å². The van der Waals surface area contributed by atoms with Crippen LogP contribution in [-0.2, 0) is 0 Å². The molecule has 3 rings (SSSR count). The number of nitrogens with zero attached hydrogens (tertiary/aromatic N) is 5. The molecule has 0 aromatic carbocycles. The van der Waals surface area contributed by atoms with Crippen molar-refractivity contribution < 1.29 is 4.79 Å². The van der Waals surface area contributed by atoms with Crippen molar-refractivity contribution in [1.29, 1.82) is 0 Å². The van der Waals surface area contributed by atoms with Crippen LogP contribution in [-0.4, -0.2) is 56.1 Å². The van der Waals surface area contributed by atoms with E-state index in [1.54, 1.807) is 4.52 Å². The highest BCUT2D eigenvalue weighted by Gasteiger charge is 2.27. The van der Waals surface area contributed by atoms with Crippen LogP contribution in [0.4, 0.5) is 0 Å². The Bertz CT molecular complexity index is 664. The molecule has 2 aromatic heterocycles. The van der Waals surface area contributed by atoms with Gasteiger partial charge in [0.15, 0.2) is 0 Å². The van der Waals surface area contributed by atoms with Gasteiger partial charge in [-0.2, -0.15) is 4.98 Å². The van der Waals surface area contributed by atoms with Crippen LogP contribution < -0.4 is 5.32 Å². The number of carbonyl (C=O) groups is 1. The van der Waals surface area contributed by atoms with Crippen LogP contribution in [0.15, 0.2) is 6.07 Å². The molecule has 0 spiro atoms. The number of piperazine rings is 1. The van der Waals surface area contributed by atoms with Gasteiger partial charge >= 0.3 is 0 Å². The maximum atomic E-state index is 12.5. The molecule has 1 amide bonds. The summed E-state index contributed by atoms with van der Waals surface area (Å²) in [6.45, 7) is 8.14. The lowest BCUT2D eigenvalue weighted by Crippen LogP contribution is -2.52. The molecule has 0 saturated carbocycles. The minimum Gasteiger partial charge on any atom is -0.331 e. The molecule has 106 valence electrons. The molecule has 0 bridgehead atoms. The summed E-state index contributed by atoms with van der Waals surface area (Å²) in [5.41, 5.74) is 1.80. The lowest BCUT2D eigenvalue weighted by atomic mass is 10.2. The van der Waals surface area contributed by atoms with Crippen LogP contribution in [0.3, 0.4) is 0 Å². The lowest BCUT2D eigenvalue weighted by Gasteiger charge is -2.33. The summed E-state index contributed by atoms with van der Waals surface area (Å²) in [7, 11) is 0. The van der Waals surface area contributed by atoms with E-state index in [0.29, 0.717) is 12.3 Å². The number of hydrogen-bond donors (Lipinski definition) is 1. The van der Waals surface area contributed by atoms with Crippen molar-refractivity contribution in [3.05, 3.63) is 23.3 Å². The molecule has 1 saturated heterocycles. The molecule has 1 N–H and O–H groups in total. The van der Waals surface area contributed by atoms with Gasteiger partial charge in [0.2, 0.25) is 5.82 Å². The van der Waals surface area contributed by atoms with Crippen LogP contribution in [0.25, 0.3) is 5.78 Å². The maximum absolute atomic E-state index is 12.5. The molecule has 3 heterocycles. The molecule has 1 unspecified atom stereocenters. The van der Waals surface area contributed by atoms with Crippen molar-refractivity contribution >= 4 is 11.7 Å². The highest BCUT2D eigenvalue weighted by molar-refractivity contribution is 5.91. The van der Waals surface area contributed by atoms with E-state index in [1.807, 2.05) is 31.7 Å². The number of hydrogen-bond acceptors (Lipinski definition) is 5. The normalized spacial score (nSPS) is 19.6. The van der Waals surface area contributed by atoms with Crippen LogP contribution >= 0.6 is 0 Å². The zero-order valence-corrected chi connectivity index (χ0v) is 11.9. The number of aryl methyl sites for hydroxylation is 2. The monoisotopic (exact) mass is 274 g/mol. The van der Waals surface area contributed by atoms with E-state index in [1.165, 1.54) is 0 Å². The maximum Gasteiger partial charge on any atom is 0.293 e. The first-order valence-electron chi connectivity index (χ1n) is 6.79. The second-order valence-corrected chi connectivity index (χ2v) is 5.24. The first kappa shape index (κ1) is 13.0. The minimum atomic E-state index is -0.124. The third-order valence-corrected chi connectivity index (χ3v) is 3.57. The second kappa shape index (κ2) is 4.82. The number of nitrogens with one attached hydrogen (secondary N) is 1. The van der Waals surface area contributed by atoms with Gasteiger partial charge in [-0.05, 0) is 26.8 Å². The van der Waals surface area contributed by atoms with Gasteiger partial charge < -0.3 is 10.2 Å². The van der Waals surface area contributed by atoms with Gasteiger partial charge in [0, 0.05) is 37.1 Å². The van der Waals surface area contributed by atoms with E-state index >= 15 is 0 Å². The van der Waals surface area contributed by atoms with Gasteiger partial charge in [0.1, 0.15) is 0 Å². The molecule has 2 aromatic rings. The van der Waals surface area contributed by atoms with Crippen molar-refractivity contribution in [1.82, 2.24) is 29.8 Å². The topological polar surface area (TPSA) is 75.4 Å². The standard InChI is InChI=1S/C13H18N6O/c1-8-6-9(2)19-13(15-8)16-11(17-19)12(20)18-5-4-14-7-10(18)3/h6,10,14H,4-5,7H2,1-3H3. The Morgan fingerprint density at radius 2 is 2.20 bits per heavy atom. The molecular formula is C13H18N6O. The summed E-state index contributed by atoms with van der Waals surface area (Å²) in [6, 6.07) is 2.07. The Kier molecular flexibility index (Phi) is 3.13. The molecule has 7 nitrogen and oxygen atoms in total. The molecule has 1 atom stereocenters. The fourth-order valence-corrected chi connectivity index (χ4v) is 2.53. The molecule has 0 radical (unpaired) electrons. The first-order valence-corrected chi connectivity index (χ1v) is 6.79. The van der Waals surface area contributed by atoms with Gasteiger partial charge in [-0.15, -0.1) is 5.10 Å². The molecule has 20 heavy (non-hydrogen) atoms. The van der Waals surface area contributed by atoms with Crippen LogP contribution in [0, 0.1) is 13.8 Å². The van der Waals surface area contributed by atoms with E-state index in [-0.39, 0.29) is 17.8 Å². The molecular weight excluding hydrogens is 256 g/mol. The van der Waals surface area contributed by atoms with Crippen LogP contribution in [0.2, 0.25) is 0 Å². The lowest BCUT2D eigenvalue weighted by molar-refractivity contribution is 0.0643. The number of aromatic nitrogens is 4. The highest BCUT2D eigenvalue weighted by Crippen LogP contribution is 2.10. The zero-order valence-electron chi connectivity index (χ0n) is 11.9. The molecule has 0 aliphatic carbocycles. The van der Waals surface area contributed by atoms with E-state index in [4.69, 9.17) is 0 Å². The Morgan fingerprint density at radius 1 is 1.40 bits per heavy atom. The average Bonchev–Trinajstić information content (AvgIpc) is 2.82. The second-order valence-electron chi connectivity index (χ2n) is 5.24. The fraction of sp³-hybridized carbons (Fsp3) is 0.538. The largest absolute Gasteiger partial charge is 0.331 e. The van der Waals surface area contributed by atoms with E-state index in [0.717, 1.165) is 24.5 Å². The van der Waals surface area contributed by atoms with E-state index in [9.17, 15) is 4.79 Å². The number of carbonyl (C=O) groups excluding carboxylic acids is 1. The number of rotatable bonds is 1. The van der Waals surface area contributed by atoms with Gasteiger partial charge in [-0.3, -0.25) is 4.79 Å². The Morgan fingerprint density at radius 3 is 2.95 bits per heavy atom. The third-order valence-electron chi connectivity index (χ3n) is 3.57. The van der Waals surface area contributed by atoms with Crippen molar-refractivity contribution in [2.24, 2.45) is 0 Å². The minimum absolute atomic E-state index is 0.124. The third kappa shape index (κ3) is 2.14. The van der Waals surface area contributed by atoms with E-state index in [2.05, 4.69) is 20.4 Å². The zero-order chi connectivity index (χ0) is 14.3. The fourth-order valence-electron chi connectivity index (χ4n) is 2.53. The van der Waals surface area contributed by atoms with Crippen LogP contribution in [0.5, 0.6) is 0 Å². The summed E-state index contributed by atoms with van der Waals surface area (Å²) in [6.07, 6.45) is 0. The summed E-state index contributed by atoms with van der Waals surface area (Å²) >= 11 is 0. The quantitative estimate of drug-likeness (QED) is 0.802. The predicted octanol–water partition coefficient (Wildman–Crippen LogP) is 0.175. The van der Waals surface area contributed by atoms with Crippen molar-refractivity contribution in [3.63, 3.8) is 0 Å². The van der Waals surface area contributed by atoms with Gasteiger partial charge in [0.25, 0.3) is 11.7 Å². The molecule has 7 heteroatoms. The Balaban J connectivity index is 1.97. The van der Waals surface area contributed by atoms with Gasteiger partial charge in [-0.1, -0.05) is 0 Å². The van der Waals surface area contributed by atoms with Crippen molar-refractivity contribution in [2.75, 3.05) is 19.6 Å². The number of fused-ring (bicyclic) bond motifs is 1. The highest BCUT2D eigenvalue weighted by atomic mass is 16.2. The van der Waals surface area contributed by atoms with E-state index < -0.39 is 0 Å². The summed E-state index contributed by atoms with van der Waals surface area (Å²) in [4.78, 5) is 22.9.